The Hall–Kier alpha value is -1.48. The number of hydrogen-bond acceptors (Lipinski definition) is 5. The second-order valence-electron chi connectivity index (χ2n) is 4.84. The van der Waals surface area contributed by atoms with Crippen molar-refractivity contribution in [3.8, 4) is 0 Å². The number of carbonyl (C=O) groups excluding carboxylic acids is 1. The molecule has 0 aromatic carbocycles. The molecule has 2 rings (SSSR count). The Morgan fingerprint density at radius 2 is 2.14 bits per heavy atom. The van der Waals surface area contributed by atoms with Crippen LogP contribution in [0.5, 0.6) is 0 Å². The number of thiazole rings is 1. The lowest BCUT2D eigenvalue weighted by molar-refractivity contribution is 0.0691. The second-order valence-corrected chi connectivity index (χ2v) is 7.42. The van der Waals surface area contributed by atoms with Crippen molar-refractivity contribution >= 4 is 34.1 Å². The van der Waals surface area contributed by atoms with Crippen molar-refractivity contribution in [1.29, 1.82) is 0 Å². The molecule has 2 amide bonds. The zero-order valence-corrected chi connectivity index (χ0v) is 13.1. The number of amides is 2. The Morgan fingerprint density at radius 3 is 2.71 bits per heavy atom. The topological polar surface area (TPSA) is 108 Å². The van der Waals surface area contributed by atoms with Crippen LogP contribution >= 0.6 is 11.3 Å². The van der Waals surface area contributed by atoms with E-state index < -0.39 is 16.8 Å². The number of rotatable bonds is 4. The molecule has 1 unspecified atom stereocenters. The molecule has 1 saturated heterocycles. The van der Waals surface area contributed by atoms with Gasteiger partial charge in [0.2, 0.25) is 0 Å². The van der Waals surface area contributed by atoms with Crippen LogP contribution in [0.25, 0.3) is 0 Å². The van der Waals surface area contributed by atoms with Crippen molar-refractivity contribution in [2.45, 2.75) is 31.8 Å². The molecule has 0 aliphatic carbocycles. The first-order chi connectivity index (χ1) is 9.95. The lowest BCUT2D eigenvalue weighted by atomic mass is 10.2. The highest BCUT2D eigenvalue weighted by atomic mass is 32.2. The minimum absolute atomic E-state index is 0.0150. The van der Waals surface area contributed by atoms with Crippen LogP contribution in [0, 0.1) is 0 Å². The van der Waals surface area contributed by atoms with Crippen molar-refractivity contribution in [2.24, 2.45) is 0 Å². The number of aromatic carboxylic acids is 1. The van der Waals surface area contributed by atoms with E-state index in [1.807, 2.05) is 0 Å². The molecule has 1 atom stereocenters. The molecule has 1 fully saturated rings. The van der Waals surface area contributed by atoms with Gasteiger partial charge in [-0.05, 0) is 19.8 Å². The van der Waals surface area contributed by atoms with Gasteiger partial charge >= 0.3 is 12.0 Å². The van der Waals surface area contributed by atoms with Crippen LogP contribution in [0.1, 0.15) is 41.3 Å². The number of hydrogen-bond donors (Lipinski definition) is 3. The average molecular weight is 331 g/mol. The van der Waals surface area contributed by atoms with E-state index in [0.717, 1.165) is 12.8 Å². The maximum Gasteiger partial charge on any atom is 0.355 e. The third-order valence-corrected chi connectivity index (χ3v) is 5.59. The summed E-state index contributed by atoms with van der Waals surface area (Å²) in [5.74, 6) is 0.161. The van der Waals surface area contributed by atoms with Gasteiger partial charge in [-0.1, -0.05) is 0 Å². The van der Waals surface area contributed by atoms with Gasteiger partial charge in [0.05, 0.1) is 6.04 Å². The Kier molecular flexibility index (Phi) is 5.29. The third kappa shape index (κ3) is 4.50. The van der Waals surface area contributed by atoms with Gasteiger partial charge in [0.1, 0.15) is 5.01 Å². The average Bonchev–Trinajstić information content (AvgIpc) is 2.91. The first-order valence-corrected chi connectivity index (χ1v) is 8.93. The SMILES string of the molecule is CC(NC(=O)NC1CCS(=O)CC1)c1nc(C(=O)O)cs1. The molecule has 1 aromatic heterocycles. The van der Waals surface area contributed by atoms with Crippen molar-refractivity contribution in [2.75, 3.05) is 11.5 Å². The minimum atomic E-state index is -1.08. The number of aromatic nitrogens is 1. The van der Waals surface area contributed by atoms with Crippen LogP contribution in [0.2, 0.25) is 0 Å². The fourth-order valence-corrected chi connectivity index (χ4v) is 4.11. The van der Waals surface area contributed by atoms with Crippen molar-refractivity contribution in [1.82, 2.24) is 15.6 Å². The summed E-state index contributed by atoms with van der Waals surface area (Å²) in [4.78, 5) is 26.6. The molecular weight excluding hydrogens is 314 g/mol. The molecule has 2 heterocycles. The summed E-state index contributed by atoms with van der Waals surface area (Å²) in [6.07, 6.45) is 1.43. The lowest BCUT2D eigenvalue weighted by Crippen LogP contribution is -2.45. The summed E-state index contributed by atoms with van der Waals surface area (Å²) in [6, 6.07) is -0.631. The predicted molar refractivity (Wildman–Crippen MR) is 80.1 cm³/mol. The van der Waals surface area contributed by atoms with Crippen LogP contribution in [-0.2, 0) is 10.8 Å². The Balaban J connectivity index is 1.83. The molecular formula is C12H17N3O4S2. The first-order valence-electron chi connectivity index (χ1n) is 6.56. The zero-order chi connectivity index (χ0) is 15.4. The lowest BCUT2D eigenvalue weighted by Gasteiger charge is -2.23. The Labute approximate surface area is 128 Å². The molecule has 3 N–H and O–H groups in total. The molecule has 0 spiro atoms. The smallest absolute Gasteiger partial charge is 0.355 e. The summed E-state index contributed by atoms with van der Waals surface area (Å²) >= 11 is 1.20. The van der Waals surface area contributed by atoms with Gasteiger partial charge in [-0.3, -0.25) is 4.21 Å². The van der Waals surface area contributed by atoms with E-state index in [9.17, 15) is 13.8 Å². The quantitative estimate of drug-likeness (QED) is 0.766. The third-order valence-electron chi connectivity index (χ3n) is 3.18. The highest BCUT2D eigenvalue weighted by molar-refractivity contribution is 7.85. The predicted octanol–water partition coefficient (Wildman–Crippen LogP) is 1.11. The van der Waals surface area contributed by atoms with Gasteiger partial charge in [0.25, 0.3) is 0 Å². The minimum Gasteiger partial charge on any atom is -0.476 e. The molecule has 1 aliphatic heterocycles. The fourth-order valence-electron chi connectivity index (χ4n) is 2.01. The van der Waals surface area contributed by atoms with E-state index in [4.69, 9.17) is 5.11 Å². The van der Waals surface area contributed by atoms with Crippen LogP contribution in [0.3, 0.4) is 0 Å². The van der Waals surface area contributed by atoms with Crippen LogP contribution in [0.4, 0.5) is 4.79 Å². The summed E-state index contributed by atoms with van der Waals surface area (Å²) < 4.78 is 11.2. The molecule has 7 nitrogen and oxygen atoms in total. The molecule has 0 bridgehead atoms. The molecule has 116 valence electrons. The number of urea groups is 1. The molecule has 21 heavy (non-hydrogen) atoms. The number of carboxylic acid groups (broad SMARTS) is 1. The van der Waals surface area contributed by atoms with Crippen molar-refractivity contribution in [3.63, 3.8) is 0 Å². The normalized spacial score (nSPS) is 23.3. The molecule has 1 aromatic rings. The van der Waals surface area contributed by atoms with Crippen LogP contribution in [0.15, 0.2) is 5.38 Å². The van der Waals surface area contributed by atoms with Crippen LogP contribution < -0.4 is 10.6 Å². The zero-order valence-electron chi connectivity index (χ0n) is 11.5. The number of nitrogens with one attached hydrogen (secondary N) is 2. The second kappa shape index (κ2) is 6.99. The van der Waals surface area contributed by atoms with Crippen molar-refractivity contribution < 1.29 is 18.9 Å². The van der Waals surface area contributed by atoms with E-state index in [1.165, 1.54) is 16.7 Å². The molecule has 1 aliphatic rings. The fraction of sp³-hybridized carbons (Fsp3) is 0.583. The van der Waals surface area contributed by atoms with Gasteiger partial charge in [-0.15, -0.1) is 11.3 Å². The van der Waals surface area contributed by atoms with E-state index >= 15 is 0 Å². The van der Waals surface area contributed by atoms with Crippen molar-refractivity contribution in [3.05, 3.63) is 16.1 Å². The highest BCUT2D eigenvalue weighted by Crippen LogP contribution is 2.18. The van der Waals surface area contributed by atoms with Crippen LogP contribution in [-0.4, -0.2) is 43.8 Å². The summed E-state index contributed by atoms with van der Waals surface area (Å²) in [7, 11) is -0.754. The van der Waals surface area contributed by atoms with Gasteiger partial charge in [0.15, 0.2) is 5.69 Å². The molecule has 0 saturated carbocycles. The Bertz CT molecular complexity index is 550. The maximum atomic E-state index is 11.9. The van der Waals surface area contributed by atoms with Gasteiger partial charge in [-0.25, -0.2) is 14.6 Å². The van der Waals surface area contributed by atoms with Gasteiger partial charge in [0, 0.05) is 33.7 Å². The molecule has 0 radical (unpaired) electrons. The summed E-state index contributed by atoms with van der Waals surface area (Å²) in [6.45, 7) is 1.75. The number of carboxylic acids is 1. The largest absolute Gasteiger partial charge is 0.476 e. The highest BCUT2D eigenvalue weighted by Gasteiger charge is 2.21. The Morgan fingerprint density at radius 1 is 1.48 bits per heavy atom. The van der Waals surface area contributed by atoms with E-state index in [1.54, 1.807) is 6.92 Å². The summed E-state index contributed by atoms with van der Waals surface area (Å²) in [5, 5.41) is 16.4. The number of carbonyl (C=O) groups is 2. The van der Waals surface area contributed by atoms with E-state index in [-0.39, 0.29) is 23.8 Å². The van der Waals surface area contributed by atoms with E-state index in [2.05, 4.69) is 15.6 Å². The van der Waals surface area contributed by atoms with Gasteiger partial charge < -0.3 is 15.7 Å². The van der Waals surface area contributed by atoms with Gasteiger partial charge in [-0.2, -0.15) is 0 Å². The number of nitrogens with zero attached hydrogens (tertiary/aromatic N) is 1. The monoisotopic (exact) mass is 331 g/mol. The van der Waals surface area contributed by atoms with E-state index in [0.29, 0.717) is 16.5 Å². The molecule has 9 heteroatoms. The maximum absolute atomic E-state index is 11.9. The first kappa shape index (κ1) is 15.9. The summed E-state index contributed by atoms with van der Waals surface area (Å²) in [5.41, 5.74) is -0.0150. The standard InChI is InChI=1S/C12H17N3O4S2/c1-7(10-15-9(6-20-10)11(16)17)13-12(18)14-8-2-4-21(19)5-3-8/h6-8H,2-5H2,1H3,(H,16,17)(H2,13,14,18).